The number of hydrogen-bond donors (Lipinski definition) is 0. The number of aromatic nitrogens is 8. The number of nitrogens with zero attached hydrogens (tertiary/aromatic N) is 8. The zero-order chi connectivity index (χ0) is 56.9. The van der Waals surface area contributed by atoms with E-state index in [1.165, 1.54) is 0 Å². The van der Waals surface area contributed by atoms with Gasteiger partial charge < -0.3 is 34.6 Å². The van der Waals surface area contributed by atoms with E-state index in [0.717, 1.165) is 22.3 Å². The molecule has 9 nitrogen and oxygen atoms in total. The molecule has 0 radical (unpaired) electrons. The van der Waals surface area contributed by atoms with Crippen molar-refractivity contribution >= 4 is 218 Å². The van der Waals surface area contributed by atoms with Gasteiger partial charge >= 0.3 is 19.5 Å². The maximum Gasteiger partial charge on any atom is 2.00 e. The first-order chi connectivity index (χ1) is 37.9. The molecule has 8 bridgehead atoms. The van der Waals surface area contributed by atoms with Crippen LogP contribution < -0.4 is 14.7 Å². The molecule has 10 aromatic rings. The maximum absolute atomic E-state index is 7.66. The molecule has 3 aromatic heterocycles. The van der Waals surface area contributed by atoms with Crippen LogP contribution in [-0.2, 0) is 30.3 Å². The van der Waals surface area contributed by atoms with Crippen molar-refractivity contribution < 1.29 is 24.2 Å². The number of ether oxygens (including phenoxy) is 1. The molecule has 5 heterocycles. The first-order valence-corrected chi connectivity index (χ1v) is 29.0. The summed E-state index contributed by atoms with van der Waals surface area (Å²) in [4.78, 5) is 39.2. The van der Waals surface area contributed by atoms with Crippen LogP contribution in [0.1, 0.15) is 49.9 Å². The Balaban J connectivity index is 0.00000690. The van der Waals surface area contributed by atoms with Crippen LogP contribution in [0.2, 0.25) is 75.3 Å². The molecule has 0 amide bonds. The fourth-order valence-corrected chi connectivity index (χ4v) is 13.8. The van der Waals surface area contributed by atoms with E-state index in [9.17, 15) is 0 Å². The van der Waals surface area contributed by atoms with Crippen molar-refractivity contribution in [2.75, 3.05) is 0 Å². The quantitative estimate of drug-likeness (QED) is 0.0912. The molecule has 0 saturated carbocycles. The van der Waals surface area contributed by atoms with Gasteiger partial charge in [-0.15, -0.1) is 0 Å². The zero-order valence-corrected chi connectivity index (χ0v) is 55.7. The van der Waals surface area contributed by atoms with Crippen LogP contribution in [0.4, 0.5) is 0 Å². The van der Waals surface area contributed by atoms with Crippen molar-refractivity contribution in [1.29, 1.82) is 0 Å². The van der Waals surface area contributed by atoms with Crippen LogP contribution in [0.15, 0.2) is 78.9 Å². The topological polar surface area (TPSA) is 115 Å². The first-order valence-electron chi connectivity index (χ1n) is 23.4. The molecule has 12 rings (SSSR count). The van der Waals surface area contributed by atoms with Crippen molar-refractivity contribution in [2.45, 2.75) is 38.5 Å². The van der Waals surface area contributed by atoms with Gasteiger partial charge in [-0.1, -0.05) is 275 Å². The predicted molar refractivity (Wildman–Crippen MR) is 333 cm³/mol. The minimum absolute atomic E-state index is 0. The minimum atomic E-state index is -0.666. The van der Waals surface area contributed by atoms with Crippen LogP contribution in [0, 0.1) is 0 Å². The number of benzene rings is 7. The van der Waals surface area contributed by atoms with Gasteiger partial charge in [-0.05, 0) is 22.8 Å². The molecule has 0 fully saturated rings. The average molecular weight is 1420 g/mol. The number of rotatable bonds is 6. The Bertz CT molecular complexity index is 4580. The number of hydrogen-bond acceptors (Lipinski definition) is 7. The van der Waals surface area contributed by atoms with Gasteiger partial charge in [0.25, 0.3) is 0 Å². The molecule has 0 aliphatic carbocycles. The van der Waals surface area contributed by atoms with E-state index in [4.69, 9.17) is 219 Å². The Kier molecular flexibility index (Phi) is 16.0. The average Bonchev–Trinajstić information content (AvgIpc) is 4.43. The van der Waals surface area contributed by atoms with E-state index in [1.54, 1.807) is 0 Å². The second-order valence-corrected chi connectivity index (χ2v) is 25.0. The zero-order valence-electron chi connectivity index (χ0n) is 41.4. The van der Waals surface area contributed by atoms with Crippen molar-refractivity contribution in [3.8, 4) is 57.1 Å². The third-order valence-electron chi connectivity index (χ3n) is 14.1. The molecule has 25 heteroatoms. The second kappa shape index (κ2) is 21.9. The molecule has 402 valence electrons. The Morgan fingerprint density at radius 1 is 0.333 bits per heavy atom. The van der Waals surface area contributed by atoms with Crippen LogP contribution in [0.3, 0.4) is 0 Å². The van der Waals surface area contributed by atoms with Crippen molar-refractivity contribution in [3.05, 3.63) is 176 Å². The monoisotopic (exact) mass is 1410 g/mol. The first kappa shape index (κ1) is 59.4. The van der Waals surface area contributed by atoms with Gasteiger partial charge in [0, 0.05) is 82.8 Å². The summed E-state index contributed by atoms with van der Waals surface area (Å²) in [5.41, 5.74) is 2.70. The minimum Gasteiger partial charge on any atom is -0.454 e. The van der Waals surface area contributed by atoms with E-state index in [0.29, 0.717) is 5.75 Å². The van der Waals surface area contributed by atoms with E-state index in [2.05, 4.69) is 58.0 Å². The molecule has 0 atom stereocenters. The van der Waals surface area contributed by atoms with Gasteiger partial charge in [0.2, 0.25) is 0 Å². The summed E-state index contributed by atoms with van der Waals surface area (Å²) < 4.78 is 6.98. The molecule has 2 aliphatic heterocycles. The van der Waals surface area contributed by atoms with E-state index >= 15 is 0 Å². The SMILES string of the molecule is CC(C)(c1ccccc1)c1ccc(Oc2c(Cl)c(Cl)c3c(c2Cl)-c2nc-3nc3[n-]c(nc4nc(nc5[n-]c(n2)c2c(Cl)c(Cl)c(Cl)c(Cl)c52)-c2c(Cl)c(Cl)c(Cl)c(Cl)c2-4)c2c(Cl)c(Cl)c(Cl)c(Cl)c32)c(C(C)(C)c2ccccc2)c1.[Zn+2]. The summed E-state index contributed by atoms with van der Waals surface area (Å²) in [5.74, 6) is -0.139. The largest absolute Gasteiger partial charge is 2.00 e. The van der Waals surface area contributed by atoms with Gasteiger partial charge in [-0.2, -0.15) is 0 Å². The van der Waals surface area contributed by atoms with Crippen LogP contribution >= 0.6 is 174 Å². The van der Waals surface area contributed by atoms with Crippen molar-refractivity contribution in [2.24, 2.45) is 0 Å². The van der Waals surface area contributed by atoms with Crippen molar-refractivity contribution in [1.82, 2.24) is 39.9 Å². The molecule has 7 aromatic carbocycles. The summed E-state index contributed by atoms with van der Waals surface area (Å²) in [5, 5.41) is -1.18. The molecule has 0 unspecified atom stereocenters. The van der Waals surface area contributed by atoms with E-state index in [1.807, 2.05) is 48.5 Å². The van der Waals surface area contributed by atoms with Gasteiger partial charge in [0.05, 0.1) is 93.6 Å². The Labute approximate surface area is 548 Å². The van der Waals surface area contributed by atoms with Gasteiger partial charge in [-0.25, -0.2) is 9.97 Å². The molecule has 0 N–H and O–H groups in total. The Morgan fingerprint density at radius 3 is 1.02 bits per heavy atom. The second-order valence-electron chi connectivity index (χ2n) is 19.3. The van der Waals surface area contributed by atoms with Gasteiger partial charge in [-0.3, -0.25) is 0 Å². The molecular weight excluding hydrogens is 1400 g/mol. The van der Waals surface area contributed by atoms with Gasteiger partial charge in [0.1, 0.15) is 10.8 Å². The van der Waals surface area contributed by atoms with Crippen LogP contribution in [0.25, 0.3) is 89.7 Å². The van der Waals surface area contributed by atoms with Crippen molar-refractivity contribution in [3.63, 3.8) is 0 Å². The normalized spacial score (nSPS) is 12.3. The van der Waals surface area contributed by atoms with Gasteiger partial charge in [0.15, 0.2) is 5.75 Å². The van der Waals surface area contributed by atoms with Crippen LogP contribution in [0.5, 0.6) is 11.5 Å². The summed E-state index contributed by atoms with van der Waals surface area (Å²) in [6, 6.07) is 26.3. The summed E-state index contributed by atoms with van der Waals surface area (Å²) in [7, 11) is 0. The predicted octanol–water partition coefficient (Wildman–Crippen LogP) is 22.4. The smallest absolute Gasteiger partial charge is 0.454 e. The Morgan fingerprint density at radius 2 is 0.654 bits per heavy atom. The van der Waals surface area contributed by atoms with Crippen LogP contribution in [-0.4, -0.2) is 29.9 Å². The number of fused-ring (bicyclic) bond motifs is 20. The summed E-state index contributed by atoms with van der Waals surface area (Å²) in [6.07, 6.45) is 0. The molecule has 81 heavy (non-hydrogen) atoms. The third kappa shape index (κ3) is 9.36. The molecule has 2 aliphatic rings. The third-order valence-corrected chi connectivity index (χ3v) is 20.7. The standard InChI is InChI=1S/C56H25Cl15N8O.Zn/c1-55(2,18-11-7-5-8-12-18)20-15-16-22(21(17-20)56(3,4)19-13-9-6-10-14-19)80-46-38(64)30-29(37(63)45(46)71)53-77-51-26-25(33(59)41(67)42(68)34(26)60)49(75-51)73-47-23-24(32(58)40(66)39(65)31(23)57)48(72-47)74-50-27-28(52(76-50)78-54(30)79-53)36(62)44(70)43(69)35(27)61;/h5-17H,1-4H3;/q-2;+2. The summed E-state index contributed by atoms with van der Waals surface area (Å²) in [6.45, 7) is 8.54. The fourth-order valence-electron chi connectivity index (χ4n) is 9.84. The maximum atomic E-state index is 7.66. The Hall–Kier alpha value is -3.33. The number of halogens is 15. The molecule has 0 saturated heterocycles. The van der Waals surface area contributed by atoms with E-state index in [-0.39, 0.29) is 190 Å². The van der Waals surface area contributed by atoms with E-state index < -0.39 is 10.8 Å². The summed E-state index contributed by atoms with van der Waals surface area (Å²) >= 11 is 105. The molecular formula is C56H25Cl15N8OZn. The molecule has 0 spiro atoms. The fraction of sp³-hybridized carbons (Fsp3) is 0.107.